The second-order valence-electron chi connectivity index (χ2n) is 7.27. The molecule has 1 aromatic carbocycles. The predicted octanol–water partition coefficient (Wildman–Crippen LogP) is 4.57. The van der Waals surface area contributed by atoms with Gasteiger partial charge >= 0.3 is 0 Å². The fourth-order valence-corrected chi connectivity index (χ4v) is 3.88. The van der Waals surface area contributed by atoms with Gasteiger partial charge in [0.1, 0.15) is 5.69 Å². The van der Waals surface area contributed by atoms with E-state index in [-0.39, 0.29) is 0 Å². The van der Waals surface area contributed by atoms with Crippen molar-refractivity contribution in [1.82, 2.24) is 19.7 Å². The van der Waals surface area contributed by atoms with Gasteiger partial charge < -0.3 is 11.1 Å². The van der Waals surface area contributed by atoms with E-state index in [1.807, 2.05) is 42.6 Å². The average Bonchev–Trinajstić information content (AvgIpc) is 3.35. The van der Waals surface area contributed by atoms with Gasteiger partial charge in [-0.1, -0.05) is 42.5 Å². The Kier molecular flexibility index (Phi) is 5.26. The molecule has 3 aromatic rings. The summed E-state index contributed by atoms with van der Waals surface area (Å²) in [5, 5.41) is 4.08. The van der Waals surface area contributed by atoms with Crippen molar-refractivity contribution in [2.75, 3.05) is 6.54 Å². The molecule has 0 spiro atoms. The van der Waals surface area contributed by atoms with E-state index in [2.05, 4.69) is 35.1 Å². The van der Waals surface area contributed by atoms with Crippen LogP contribution in [0.25, 0.3) is 22.7 Å². The number of aromatic nitrogens is 3. The molecule has 3 N–H and O–H groups in total. The predicted molar refractivity (Wildman–Crippen MR) is 120 cm³/mol. The first-order chi connectivity index (χ1) is 14.0. The highest BCUT2D eigenvalue weighted by Crippen LogP contribution is 2.31. The van der Waals surface area contributed by atoms with Crippen LogP contribution in [0.3, 0.4) is 0 Å². The van der Waals surface area contributed by atoms with Crippen LogP contribution >= 0.6 is 11.6 Å². The topological polar surface area (TPSA) is 68.2 Å². The van der Waals surface area contributed by atoms with E-state index >= 15 is 0 Å². The Balaban J connectivity index is 1.78. The SMILES string of the molecule is C=C(NCC1=CC=CC1)c1cn2c(-c3ccc(Cl)cc3C)c(CN)c(C)nc2n1. The summed E-state index contributed by atoms with van der Waals surface area (Å²) in [7, 11) is 0. The number of hydrogen-bond acceptors (Lipinski definition) is 4. The molecule has 4 rings (SSSR count). The fraction of sp³-hybridized carbons (Fsp3) is 0.217. The van der Waals surface area contributed by atoms with Crippen molar-refractivity contribution >= 4 is 23.1 Å². The summed E-state index contributed by atoms with van der Waals surface area (Å²) in [5.74, 6) is 0.628. The smallest absolute Gasteiger partial charge is 0.235 e. The second kappa shape index (κ2) is 7.85. The lowest BCUT2D eigenvalue weighted by Crippen LogP contribution is -2.14. The quantitative estimate of drug-likeness (QED) is 0.630. The molecule has 29 heavy (non-hydrogen) atoms. The molecular formula is C23H24ClN5. The number of hydrogen-bond donors (Lipinski definition) is 2. The third kappa shape index (κ3) is 3.71. The number of rotatable bonds is 6. The van der Waals surface area contributed by atoms with Crippen LogP contribution < -0.4 is 11.1 Å². The van der Waals surface area contributed by atoms with Crippen LogP contribution in [0, 0.1) is 13.8 Å². The molecule has 5 nitrogen and oxygen atoms in total. The number of nitrogens with one attached hydrogen (secondary N) is 1. The highest BCUT2D eigenvalue weighted by Gasteiger charge is 2.18. The van der Waals surface area contributed by atoms with Crippen molar-refractivity contribution in [3.05, 3.63) is 82.3 Å². The molecule has 2 heterocycles. The third-order valence-electron chi connectivity index (χ3n) is 5.25. The summed E-state index contributed by atoms with van der Waals surface area (Å²) in [4.78, 5) is 9.39. The molecule has 0 amide bonds. The van der Waals surface area contributed by atoms with E-state index in [0.717, 1.165) is 52.4 Å². The van der Waals surface area contributed by atoms with Crippen molar-refractivity contribution in [2.45, 2.75) is 26.8 Å². The van der Waals surface area contributed by atoms with Crippen molar-refractivity contribution < 1.29 is 0 Å². The van der Waals surface area contributed by atoms with Crippen molar-refractivity contribution in [1.29, 1.82) is 0 Å². The Morgan fingerprint density at radius 2 is 2.14 bits per heavy atom. The Morgan fingerprint density at radius 1 is 1.31 bits per heavy atom. The van der Waals surface area contributed by atoms with Crippen molar-refractivity contribution in [3.63, 3.8) is 0 Å². The molecule has 0 bridgehead atoms. The maximum atomic E-state index is 6.18. The monoisotopic (exact) mass is 405 g/mol. The summed E-state index contributed by atoms with van der Waals surface area (Å²) in [6.45, 7) is 9.33. The molecule has 0 saturated heterocycles. The number of aryl methyl sites for hydroxylation is 2. The molecule has 6 heteroatoms. The number of nitrogens with two attached hydrogens (primary N) is 1. The zero-order chi connectivity index (χ0) is 20.5. The number of fused-ring (bicyclic) bond motifs is 1. The van der Waals surface area contributed by atoms with Crippen LogP contribution in [-0.2, 0) is 6.54 Å². The van der Waals surface area contributed by atoms with E-state index in [1.165, 1.54) is 5.57 Å². The Hall–Kier alpha value is -2.89. The maximum absolute atomic E-state index is 6.18. The van der Waals surface area contributed by atoms with Crippen LogP contribution in [-0.4, -0.2) is 20.9 Å². The van der Waals surface area contributed by atoms with Gasteiger partial charge in [0.25, 0.3) is 0 Å². The van der Waals surface area contributed by atoms with E-state index < -0.39 is 0 Å². The minimum absolute atomic E-state index is 0.389. The number of allylic oxidation sites excluding steroid dienone is 3. The molecule has 0 aliphatic heterocycles. The summed E-state index contributed by atoms with van der Waals surface area (Å²) in [5.41, 5.74) is 14.0. The van der Waals surface area contributed by atoms with Crippen LogP contribution in [0.2, 0.25) is 5.02 Å². The van der Waals surface area contributed by atoms with Gasteiger partial charge in [-0.15, -0.1) is 0 Å². The highest BCUT2D eigenvalue weighted by atomic mass is 35.5. The third-order valence-corrected chi connectivity index (χ3v) is 5.49. The standard InChI is InChI=1S/C23H24ClN5/c1-14-10-18(24)8-9-19(14)22-20(11-25)15(2)27-23-28-21(13-29(22)23)16(3)26-12-17-6-4-5-7-17/h4-6,8-10,13,26H,3,7,11-12,25H2,1-2H3. The first-order valence-corrected chi connectivity index (χ1v) is 9.98. The van der Waals surface area contributed by atoms with Crippen LogP contribution in [0.1, 0.15) is 28.9 Å². The number of nitrogens with zero attached hydrogens (tertiary/aromatic N) is 3. The first kappa shape index (κ1) is 19.4. The van der Waals surface area contributed by atoms with E-state index in [9.17, 15) is 0 Å². The summed E-state index contributed by atoms with van der Waals surface area (Å²) in [6, 6.07) is 5.88. The lowest BCUT2D eigenvalue weighted by Gasteiger charge is -2.15. The van der Waals surface area contributed by atoms with E-state index in [1.54, 1.807) is 0 Å². The Morgan fingerprint density at radius 3 is 2.83 bits per heavy atom. The van der Waals surface area contributed by atoms with Crippen LogP contribution in [0.5, 0.6) is 0 Å². The van der Waals surface area contributed by atoms with Crippen molar-refractivity contribution in [3.8, 4) is 11.3 Å². The lowest BCUT2D eigenvalue weighted by molar-refractivity contribution is 0.932. The normalized spacial score (nSPS) is 13.2. The zero-order valence-corrected chi connectivity index (χ0v) is 17.4. The van der Waals surface area contributed by atoms with Gasteiger partial charge in [-0.2, -0.15) is 0 Å². The molecule has 0 radical (unpaired) electrons. The van der Waals surface area contributed by atoms with Crippen molar-refractivity contribution in [2.24, 2.45) is 5.73 Å². The minimum Gasteiger partial charge on any atom is -0.380 e. The Bertz CT molecular complexity index is 1170. The fourth-order valence-electron chi connectivity index (χ4n) is 3.66. The number of benzene rings is 1. The lowest BCUT2D eigenvalue weighted by atomic mass is 10.00. The van der Waals surface area contributed by atoms with Gasteiger partial charge in [0, 0.05) is 41.1 Å². The maximum Gasteiger partial charge on any atom is 0.235 e. The molecule has 148 valence electrons. The number of halogens is 1. The molecule has 1 aliphatic rings. The molecular weight excluding hydrogens is 382 g/mol. The molecule has 0 atom stereocenters. The van der Waals surface area contributed by atoms with Gasteiger partial charge in [0.2, 0.25) is 5.78 Å². The summed E-state index contributed by atoms with van der Waals surface area (Å²) in [6.07, 6.45) is 9.30. The van der Waals surface area contributed by atoms with Gasteiger partial charge in [0.15, 0.2) is 0 Å². The molecule has 0 fully saturated rings. The Labute approximate surface area is 175 Å². The summed E-state index contributed by atoms with van der Waals surface area (Å²) >= 11 is 6.18. The molecule has 0 unspecified atom stereocenters. The highest BCUT2D eigenvalue weighted by molar-refractivity contribution is 6.30. The summed E-state index contributed by atoms with van der Waals surface area (Å²) < 4.78 is 2.00. The molecule has 1 aliphatic carbocycles. The van der Waals surface area contributed by atoms with E-state index in [0.29, 0.717) is 17.3 Å². The van der Waals surface area contributed by atoms with Crippen LogP contribution in [0.15, 0.2) is 54.8 Å². The average molecular weight is 406 g/mol. The zero-order valence-electron chi connectivity index (χ0n) is 16.7. The van der Waals surface area contributed by atoms with Gasteiger partial charge in [-0.3, -0.25) is 4.40 Å². The van der Waals surface area contributed by atoms with Crippen LogP contribution in [0.4, 0.5) is 0 Å². The first-order valence-electron chi connectivity index (χ1n) is 9.61. The minimum atomic E-state index is 0.389. The second-order valence-corrected chi connectivity index (χ2v) is 7.71. The van der Waals surface area contributed by atoms with Gasteiger partial charge in [0.05, 0.1) is 11.4 Å². The van der Waals surface area contributed by atoms with Gasteiger partial charge in [-0.05, 0) is 43.5 Å². The largest absolute Gasteiger partial charge is 0.380 e. The molecule has 2 aromatic heterocycles. The molecule has 0 saturated carbocycles. The van der Waals surface area contributed by atoms with E-state index in [4.69, 9.17) is 22.3 Å². The number of imidazole rings is 1. The van der Waals surface area contributed by atoms with Gasteiger partial charge in [-0.25, -0.2) is 9.97 Å².